The number of amides is 1. The monoisotopic (exact) mass is 344 g/mol. The Bertz CT molecular complexity index is 706. The highest BCUT2D eigenvalue weighted by atomic mass is 32.2. The molecule has 0 heterocycles. The average molecular weight is 344 g/mol. The van der Waals surface area contributed by atoms with E-state index in [2.05, 4.69) is 5.32 Å². The van der Waals surface area contributed by atoms with E-state index in [-0.39, 0.29) is 22.9 Å². The van der Waals surface area contributed by atoms with Gasteiger partial charge in [0, 0.05) is 17.4 Å². The van der Waals surface area contributed by atoms with Crippen LogP contribution in [0.2, 0.25) is 0 Å². The minimum absolute atomic E-state index is 0.00248. The molecule has 2 atom stereocenters. The predicted octanol–water partition coefficient (Wildman–Crippen LogP) is 4.27. The minimum atomic E-state index is -0.408. The van der Waals surface area contributed by atoms with E-state index in [1.54, 1.807) is 12.1 Å². The molecule has 2 aromatic rings. The number of rotatable bonds is 7. The van der Waals surface area contributed by atoms with Crippen LogP contribution in [0.25, 0.3) is 0 Å². The van der Waals surface area contributed by atoms with Crippen molar-refractivity contribution in [3.8, 4) is 0 Å². The molecule has 0 radical (unpaired) electrons. The number of carbonyl (C=O) groups is 1. The van der Waals surface area contributed by atoms with Gasteiger partial charge in [-0.1, -0.05) is 42.5 Å². The number of non-ortho nitro benzene ring substituents is 1. The Morgan fingerprint density at radius 2 is 1.79 bits per heavy atom. The molecule has 0 fully saturated rings. The summed E-state index contributed by atoms with van der Waals surface area (Å²) >= 11 is 1.46. The van der Waals surface area contributed by atoms with E-state index in [1.807, 2.05) is 50.2 Å². The van der Waals surface area contributed by atoms with E-state index in [1.165, 1.54) is 17.8 Å². The first kappa shape index (κ1) is 18.0. The number of hydrogen-bond acceptors (Lipinski definition) is 4. The van der Waals surface area contributed by atoms with Crippen molar-refractivity contribution in [1.82, 2.24) is 5.32 Å². The summed E-state index contributed by atoms with van der Waals surface area (Å²) in [6, 6.07) is 16.3. The molecule has 0 saturated carbocycles. The second-order valence-corrected chi connectivity index (χ2v) is 6.83. The van der Waals surface area contributed by atoms with Crippen LogP contribution >= 0.6 is 11.8 Å². The molecule has 0 unspecified atom stereocenters. The lowest BCUT2D eigenvalue weighted by atomic mass is 10.1. The number of nitrogens with one attached hydrogen (secondary N) is 1. The molecule has 2 aromatic carbocycles. The zero-order valence-corrected chi connectivity index (χ0v) is 14.5. The highest BCUT2D eigenvalue weighted by molar-refractivity contribution is 8.00. The second-order valence-electron chi connectivity index (χ2n) is 5.51. The molecule has 0 aliphatic carbocycles. The molecule has 0 aliphatic rings. The number of carbonyl (C=O) groups excluding carboxylic acids is 1. The van der Waals surface area contributed by atoms with Gasteiger partial charge in [-0.25, -0.2) is 0 Å². The van der Waals surface area contributed by atoms with Gasteiger partial charge in [-0.15, -0.1) is 11.8 Å². The highest BCUT2D eigenvalue weighted by Crippen LogP contribution is 2.30. The first-order valence-corrected chi connectivity index (χ1v) is 8.72. The van der Waals surface area contributed by atoms with Crippen LogP contribution < -0.4 is 5.32 Å². The van der Waals surface area contributed by atoms with Crippen molar-refractivity contribution in [3.05, 3.63) is 75.8 Å². The number of nitrogens with zero attached hydrogens (tertiary/aromatic N) is 1. The summed E-state index contributed by atoms with van der Waals surface area (Å²) in [4.78, 5) is 22.5. The molecule has 24 heavy (non-hydrogen) atoms. The van der Waals surface area contributed by atoms with E-state index in [4.69, 9.17) is 0 Å². The van der Waals surface area contributed by atoms with Crippen molar-refractivity contribution in [2.45, 2.75) is 25.1 Å². The molecule has 0 aliphatic heterocycles. The van der Waals surface area contributed by atoms with E-state index in [9.17, 15) is 14.9 Å². The maximum atomic E-state index is 12.1. The number of hydrogen-bond donors (Lipinski definition) is 1. The van der Waals surface area contributed by atoms with Crippen molar-refractivity contribution in [2.75, 3.05) is 5.75 Å². The largest absolute Gasteiger partial charge is 0.349 e. The molecule has 2 rings (SSSR count). The molecular weight excluding hydrogens is 324 g/mol. The Balaban J connectivity index is 1.87. The highest BCUT2D eigenvalue weighted by Gasteiger charge is 2.14. The topological polar surface area (TPSA) is 72.2 Å². The number of nitro benzene ring substituents is 1. The van der Waals surface area contributed by atoms with Crippen LogP contribution in [0.3, 0.4) is 0 Å². The molecule has 1 amide bonds. The van der Waals surface area contributed by atoms with Crippen molar-refractivity contribution >= 4 is 23.4 Å². The summed E-state index contributed by atoms with van der Waals surface area (Å²) in [6.07, 6.45) is 0. The van der Waals surface area contributed by atoms with E-state index >= 15 is 0 Å². The lowest BCUT2D eigenvalue weighted by molar-refractivity contribution is -0.384. The average Bonchev–Trinajstić information content (AvgIpc) is 2.60. The first-order valence-electron chi connectivity index (χ1n) is 7.67. The summed E-state index contributed by atoms with van der Waals surface area (Å²) in [5, 5.41) is 13.8. The Morgan fingerprint density at radius 3 is 2.46 bits per heavy atom. The van der Waals surface area contributed by atoms with Crippen LogP contribution in [0.1, 0.15) is 36.3 Å². The van der Waals surface area contributed by atoms with Gasteiger partial charge in [0.15, 0.2) is 0 Å². The normalized spacial score (nSPS) is 13.1. The maximum Gasteiger partial charge on any atom is 0.269 e. The van der Waals surface area contributed by atoms with Crippen LogP contribution in [-0.2, 0) is 4.79 Å². The van der Waals surface area contributed by atoms with E-state index in [0.717, 1.165) is 11.1 Å². The predicted molar refractivity (Wildman–Crippen MR) is 97.0 cm³/mol. The summed E-state index contributed by atoms with van der Waals surface area (Å²) in [5.74, 6) is 0.259. The summed E-state index contributed by atoms with van der Waals surface area (Å²) in [6.45, 7) is 3.89. The van der Waals surface area contributed by atoms with Gasteiger partial charge < -0.3 is 5.32 Å². The van der Waals surface area contributed by atoms with Crippen molar-refractivity contribution < 1.29 is 9.72 Å². The van der Waals surface area contributed by atoms with E-state index in [0.29, 0.717) is 5.75 Å². The molecular formula is C18H20N2O3S. The van der Waals surface area contributed by atoms with Crippen LogP contribution in [-0.4, -0.2) is 16.6 Å². The first-order chi connectivity index (χ1) is 11.5. The minimum Gasteiger partial charge on any atom is -0.349 e. The zero-order chi connectivity index (χ0) is 17.5. The van der Waals surface area contributed by atoms with Gasteiger partial charge in [-0.3, -0.25) is 14.9 Å². The third-order valence-electron chi connectivity index (χ3n) is 3.69. The standard InChI is InChI=1S/C18H20N2O3S/c1-13(15-7-4-3-5-8-15)19-18(21)12-24-14(2)16-9-6-10-17(11-16)20(22)23/h3-11,13-14H,12H2,1-2H3,(H,19,21)/t13-,14+/m1/s1. The van der Waals surface area contributed by atoms with Gasteiger partial charge in [-0.05, 0) is 25.0 Å². The Labute approximate surface area is 145 Å². The Kier molecular flexibility index (Phi) is 6.37. The fourth-order valence-electron chi connectivity index (χ4n) is 2.30. The van der Waals surface area contributed by atoms with Gasteiger partial charge in [0.1, 0.15) is 0 Å². The molecule has 1 N–H and O–H groups in total. The van der Waals surface area contributed by atoms with Crippen LogP contribution in [0.15, 0.2) is 54.6 Å². The number of nitro groups is 1. The molecule has 0 bridgehead atoms. The van der Waals surface area contributed by atoms with Gasteiger partial charge in [-0.2, -0.15) is 0 Å². The van der Waals surface area contributed by atoms with Gasteiger partial charge in [0.2, 0.25) is 5.91 Å². The lowest BCUT2D eigenvalue weighted by Crippen LogP contribution is -2.28. The summed E-state index contributed by atoms with van der Waals surface area (Å²) in [7, 11) is 0. The summed E-state index contributed by atoms with van der Waals surface area (Å²) < 4.78 is 0. The van der Waals surface area contributed by atoms with Crippen LogP contribution in [0.4, 0.5) is 5.69 Å². The maximum absolute atomic E-state index is 12.1. The second kappa shape index (κ2) is 8.49. The molecule has 0 saturated heterocycles. The number of benzene rings is 2. The fraction of sp³-hybridized carbons (Fsp3) is 0.278. The third kappa shape index (κ3) is 5.09. The van der Waals surface area contributed by atoms with Crippen molar-refractivity contribution in [1.29, 1.82) is 0 Å². The summed E-state index contributed by atoms with van der Waals surface area (Å²) in [5.41, 5.74) is 1.97. The van der Waals surface area contributed by atoms with Crippen LogP contribution in [0, 0.1) is 10.1 Å². The molecule has 0 spiro atoms. The molecule has 6 heteroatoms. The van der Waals surface area contributed by atoms with Crippen molar-refractivity contribution in [3.63, 3.8) is 0 Å². The number of thioether (sulfide) groups is 1. The van der Waals surface area contributed by atoms with Crippen molar-refractivity contribution in [2.24, 2.45) is 0 Å². The third-order valence-corrected chi connectivity index (χ3v) is 4.89. The lowest BCUT2D eigenvalue weighted by Gasteiger charge is -2.16. The smallest absolute Gasteiger partial charge is 0.269 e. The quantitative estimate of drug-likeness (QED) is 0.601. The van der Waals surface area contributed by atoms with E-state index < -0.39 is 4.92 Å². The molecule has 126 valence electrons. The van der Waals surface area contributed by atoms with Gasteiger partial charge in [0.05, 0.1) is 16.7 Å². The fourth-order valence-corrected chi connectivity index (χ4v) is 3.12. The molecule has 5 nitrogen and oxygen atoms in total. The SMILES string of the molecule is C[C@H](SCC(=O)N[C@H](C)c1ccccc1)c1cccc([N+](=O)[O-])c1. The Hall–Kier alpha value is -2.34. The van der Waals surface area contributed by atoms with Gasteiger partial charge >= 0.3 is 0 Å². The van der Waals surface area contributed by atoms with Crippen LogP contribution in [0.5, 0.6) is 0 Å². The zero-order valence-electron chi connectivity index (χ0n) is 13.6. The molecule has 0 aromatic heterocycles. The van der Waals surface area contributed by atoms with Gasteiger partial charge in [0.25, 0.3) is 5.69 Å². The Morgan fingerprint density at radius 1 is 1.12 bits per heavy atom.